The molecule has 0 saturated heterocycles. The van der Waals surface area contributed by atoms with E-state index in [1.54, 1.807) is 0 Å². The molecular formula is C15H16N4O2. The van der Waals surface area contributed by atoms with Crippen LogP contribution in [-0.2, 0) is 9.63 Å². The van der Waals surface area contributed by atoms with Crippen molar-refractivity contribution < 1.29 is 9.63 Å². The second-order valence-corrected chi connectivity index (χ2v) is 5.01. The van der Waals surface area contributed by atoms with Crippen molar-refractivity contribution in [2.45, 2.75) is 26.4 Å². The Morgan fingerprint density at radius 1 is 1.33 bits per heavy atom. The maximum atomic E-state index is 12.2. The molecule has 1 aliphatic heterocycles. The number of rotatable bonds is 3. The number of H-pyrrole nitrogens is 1. The largest absolute Gasteiger partial charge is 0.382 e. The second-order valence-electron chi connectivity index (χ2n) is 5.01. The Labute approximate surface area is 122 Å². The van der Waals surface area contributed by atoms with Gasteiger partial charge in [-0.1, -0.05) is 35.5 Å². The van der Waals surface area contributed by atoms with Crippen molar-refractivity contribution in [1.82, 2.24) is 10.2 Å². The van der Waals surface area contributed by atoms with E-state index in [4.69, 9.17) is 4.84 Å². The van der Waals surface area contributed by atoms with Crippen LogP contribution in [0, 0.1) is 13.8 Å². The number of anilines is 1. The van der Waals surface area contributed by atoms with Gasteiger partial charge in [0.05, 0.1) is 5.71 Å². The zero-order valence-electron chi connectivity index (χ0n) is 11.9. The maximum absolute atomic E-state index is 12.2. The first-order valence-corrected chi connectivity index (χ1v) is 6.75. The number of aromatic nitrogens is 2. The van der Waals surface area contributed by atoms with E-state index in [0.29, 0.717) is 12.2 Å². The molecule has 2 N–H and O–H groups in total. The van der Waals surface area contributed by atoms with Crippen LogP contribution in [0.25, 0.3) is 0 Å². The number of hydrogen-bond acceptors (Lipinski definition) is 4. The third-order valence-corrected chi connectivity index (χ3v) is 3.56. The van der Waals surface area contributed by atoms with E-state index in [0.717, 1.165) is 22.5 Å². The van der Waals surface area contributed by atoms with Gasteiger partial charge in [0.2, 0.25) is 6.10 Å². The van der Waals surface area contributed by atoms with E-state index in [9.17, 15) is 4.79 Å². The molecule has 0 aliphatic carbocycles. The van der Waals surface area contributed by atoms with E-state index in [2.05, 4.69) is 20.7 Å². The number of carbonyl (C=O) groups is 1. The Balaban J connectivity index is 1.65. The van der Waals surface area contributed by atoms with E-state index in [-0.39, 0.29) is 5.91 Å². The lowest BCUT2D eigenvalue weighted by molar-refractivity contribution is -0.125. The summed E-state index contributed by atoms with van der Waals surface area (Å²) < 4.78 is 0. The maximum Gasteiger partial charge on any atom is 0.269 e. The molecule has 1 aromatic carbocycles. The molecule has 2 heterocycles. The molecule has 1 amide bonds. The zero-order valence-corrected chi connectivity index (χ0v) is 11.9. The van der Waals surface area contributed by atoms with Crippen LogP contribution in [0.3, 0.4) is 0 Å². The first-order valence-electron chi connectivity index (χ1n) is 6.75. The van der Waals surface area contributed by atoms with Gasteiger partial charge >= 0.3 is 0 Å². The molecule has 1 unspecified atom stereocenters. The summed E-state index contributed by atoms with van der Waals surface area (Å²) in [5.74, 6) is 0.300. The SMILES string of the molecule is Cc1[nH]nc(NC(=O)C2CC(c3ccccc3)=NO2)c1C. The average Bonchev–Trinajstić information content (AvgIpc) is 3.11. The standard InChI is InChI=1S/C15H16N4O2/c1-9-10(2)17-18-14(9)16-15(20)13-8-12(19-21-13)11-6-4-3-5-7-11/h3-7,13H,8H2,1-2H3,(H2,16,17,18,20). The van der Waals surface area contributed by atoms with Gasteiger partial charge in [0, 0.05) is 17.7 Å². The van der Waals surface area contributed by atoms with Gasteiger partial charge < -0.3 is 10.2 Å². The molecule has 108 valence electrons. The Kier molecular flexibility index (Phi) is 3.43. The number of hydrogen-bond donors (Lipinski definition) is 2. The fraction of sp³-hybridized carbons (Fsp3) is 0.267. The molecule has 0 fully saturated rings. The highest BCUT2D eigenvalue weighted by Gasteiger charge is 2.29. The molecule has 3 rings (SSSR count). The van der Waals surface area contributed by atoms with Crippen LogP contribution in [0.2, 0.25) is 0 Å². The van der Waals surface area contributed by atoms with Crippen molar-refractivity contribution in [2.24, 2.45) is 5.16 Å². The molecule has 1 atom stereocenters. The molecule has 6 heteroatoms. The quantitative estimate of drug-likeness (QED) is 0.906. The summed E-state index contributed by atoms with van der Waals surface area (Å²) in [6, 6.07) is 9.70. The minimum Gasteiger partial charge on any atom is -0.382 e. The van der Waals surface area contributed by atoms with E-state index >= 15 is 0 Å². The predicted octanol–water partition coefficient (Wildman–Crippen LogP) is 2.16. The van der Waals surface area contributed by atoms with E-state index in [1.807, 2.05) is 44.2 Å². The van der Waals surface area contributed by atoms with Crippen LogP contribution < -0.4 is 5.32 Å². The Morgan fingerprint density at radius 2 is 2.10 bits per heavy atom. The summed E-state index contributed by atoms with van der Waals surface area (Å²) in [4.78, 5) is 17.4. The summed E-state index contributed by atoms with van der Waals surface area (Å²) >= 11 is 0. The third-order valence-electron chi connectivity index (χ3n) is 3.56. The van der Waals surface area contributed by atoms with Crippen molar-refractivity contribution in [3.63, 3.8) is 0 Å². The average molecular weight is 284 g/mol. The van der Waals surface area contributed by atoms with Gasteiger partial charge in [-0.15, -0.1) is 0 Å². The molecular weight excluding hydrogens is 268 g/mol. The van der Waals surface area contributed by atoms with Crippen molar-refractivity contribution >= 4 is 17.4 Å². The van der Waals surface area contributed by atoms with Crippen molar-refractivity contribution in [3.05, 3.63) is 47.2 Å². The molecule has 0 spiro atoms. The lowest BCUT2D eigenvalue weighted by atomic mass is 10.0. The third kappa shape index (κ3) is 2.65. The number of nitrogens with one attached hydrogen (secondary N) is 2. The molecule has 1 aromatic heterocycles. The van der Waals surface area contributed by atoms with E-state index in [1.165, 1.54) is 0 Å². The first-order chi connectivity index (χ1) is 10.1. The Hall–Kier alpha value is -2.63. The first kappa shape index (κ1) is 13.4. The Morgan fingerprint density at radius 3 is 2.76 bits per heavy atom. The van der Waals surface area contributed by atoms with E-state index < -0.39 is 6.10 Å². The molecule has 1 aliphatic rings. The molecule has 21 heavy (non-hydrogen) atoms. The number of nitrogens with zero attached hydrogens (tertiary/aromatic N) is 2. The molecule has 2 aromatic rings. The topological polar surface area (TPSA) is 79.4 Å². The summed E-state index contributed by atoms with van der Waals surface area (Å²) in [5.41, 5.74) is 3.61. The molecule has 6 nitrogen and oxygen atoms in total. The van der Waals surface area contributed by atoms with Crippen molar-refractivity contribution in [1.29, 1.82) is 0 Å². The highest BCUT2D eigenvalue weighted by Crippen LogP contribution is 2.19. The minimum atomic E-state index is -0.614. The Bertz CT molecular complexity index is 691. The van der Waals surface area contributed by atoms with Gasteiger partial charge in [0.15, 0.2) is 5.82 Å². The summed E-state index contributed by atoms with van der Waals surface area (Å²) in [6.07, 6.45) is -0.158. The number of aryl methyl sites for hydroxylation is 1. The van der Waals surface area contributed by atoms with Gasteiger partial charge in [0.25, 0.3) is 5.91 Å². The number of oxime groups is 1. The number of amides is 1. The molecule has 0 saturated carbocycles. The summed E-state index contributed by atoms with van der Waals surface area (Å²) in [7, 11) is 0. The molecule has 0 radical (unpaired) electrons. The number of benzene rings is 1. The van der Waals surface area contributed by atoms with Gasteiger partial charge in [-0.05, 0) is 19.4 Å². The van der Waals surface area contributed by atoms with Crippen LogP contribution >= 0.6 is 0 Å². The van der Waals surface area contributed by atoms with Crippen LogP contribution in [0.1, 0.15) is 23.2 Å². The highest BCUT2D eigenvalue weighted by molar-refractivity contribution is 6.06. The smallest absolute Gasteiger partial charge is 0.269 e. The fourth-order valence-electron chi connectivity index (χ4n) is 2.12. The number of carbonyl (C=O) groups excluding carboxylic acids is 1. The normalized spacial score (nSPS) is 17.2. The lowest BCUT2D eigenvalue weighted by Crippen LogP contribution is -2.28. The van der Waals surface area contributed by atoms with Crippen molar-refractivity contribution in [3.8, 4) is 0 Å². The zero-order chi connectivity index (χ0) is 14.8. The molecule has 0 bridgehead atoms. The van der Waals surface area contributed by atoms with Crippen LogP contribution in [-0.4, -0.2) is 27.9 Å². The minimum absolute atomic E-state index is 0.237. The van der Waals surface area contributed by atoms with Crippen LogP contribution in [0.4, 0.5) is 5.82 Å². The van der Waals surface area contributed by atoms with Crippen LogP contribution in [0.15, 0.2) is 35.5 Å². The monoisotopic (exact) mass is 284 g/mol. The van der Waals surface area contributed by atoms with Gasteiger partial charge in [-0.3, -0.25) is 9.89 Å². The lowest BCUT2D eigenvalue weighted by Gasteiger charge is -2.08. The van der Waals surface area contributed by atoms with Gasteiger partial charge in [0.1, 0.15) is 0 Å². The van der Waals surface area contributed by atoms with Gasteiger partial charge in [-0.2, -0.15) is 5.10 Å². The summed E-state index contributed by atoms with van der Waals surface area (Å²) in [6.45, 7) is 3.80. The second kappa shape index (κ2) is 5.40. The predicted molar refractivity (Wildman–Crippen MR) is 79.2 cm³/mol. The van der Waals surface area contributed by atoms with Gasteiger partial charge in [-0.25, -0.2) is 0 Å². The summed E-state index contributed by atoms with van der Waals surface area (Å²) in [5, 5.41) is 13.7. The highest BCUT2D eigenvalue weighted by atomic mass is 16.6. The van der Waals surface area contributed by atoms with Crippen LogP contribution in [0.5, 0.6) is 0 Å². The number of aromatic amines is 1. The van der Waals surface area contributed by atoms with Crippen molar-refractivity contribution in [2.75, 3.05) is 5.32 Å². The fourth-order valence-corrected chi connectivity index (χ4v) is 2.12.